The number of hydrogen-bond donors (Lipinski definition) is 0. The molecule has 2 aliphatic rings. The summed E-state index contributed by atoms with van der Waals surface area (Å²) in [5.74, 6) is 0. The van der Waals surface area contributed by atoms with E-state index in [-0.39, 0.29) is 24.5 Å². The van der Waals surface area contributed by atoms with Crippen molar-refractivity contribution in [1.29, 1.82) is 0 Å². The largest absolute Gasteiger partial charge is 0.444 e. The highest BCUT2D eigenvalue weighted by atomic mass is 16.7. The number of amides is 1. The zero-order valence-corrected chi connectivity index (χ0v) is 17.9. The maximum atomic E-state index is 12.6. The van der Waals surface area contributed by atoms with Gasteiger partial charge in [0.05, 0.1) is 12.6 Å². The Morgan fingerprint density at radius 1 is 1.07 bits per heavy atom. The molecule has 0 spiro atoms. The van der Waals surface area contributed by atoms with Crippen LogP contribution in [0.1, 0.15) is 76.7 Å². The van der Waals surface area contributed by atoms with Crippen molar-refractivity contribution in [3.05, 3.63) is 35.9 Å². The van der Waals surface area contributed by atoms with E-state index in [9.17, 15) is 4.79 Å². The normalized spacial score (nSPS) is 24.7. The second kappa shape index (κ2) is 12.2. The molecule has 2 heterocycles. The molecule has 1 amide bonds. The molecular formula is C24H37NO4. The smallest absolute Gasteiger partial charge is 0.410 e. The van der Waals surface area contributed by atoms with E-state index in [4.69, 9.17) is 14.2 Å². The number of ether oxygens (including phenoxy) is 3. The van der Waals surface area contributed by atoms with E-state index in [1.807, 2.05) is 23.1 Å². The van der Waals surface area contributed by atoms with Crippen molar-refractivity contribution >= 4 is 6.09 Å². The van der Waals surface area contributed by atoms with Gasteiger partial charge in [0.2, 0.25) is 0 Å². The number of benzene rings is 1. The zero-order chi connectivity index (χ0) is 20.3. The summed E-state index contributed by atoms with van der Waals surface area (Å²) in [7, 11) is 0. The minimum Gasteiger partial charge on any atom is -0.444 e. The van der Waals surface area contributed by atoms with Crippen LogP contribution in [0.3, 0.4) is 0 Å². The fourth-order valence-electron chi connectivity index (χ4n) is 4.28. The topological polar surface area (TPSA) is 48.0 Å². The van der Waals surface area contributed by atoms with Gasteiger partial charge in [-0.2, -0.15) is 0 Å². The van der Waals surface area contributed by atoms with E-state index in [1.54, 1.807) is 0 Å². The Morgan fingerprint density at radius 3 is 2.66 bits per heavy atom. The van der Waals surface area contributed by atoms with Gasteiger partial charge >= 0.3 is 6.09 Å². The average molecular weight is 404 g/mol. The first kappa shape index (κ1) is 22.1. The fraction of sp³-hybridized carbons (Fsp3) is 0.708. The molecule has 1 aromatic carbocycles. The minimum atomic E-state index is -0.189. The predicted molar refractivity (Wildman–Crippen MR) is 114 cm³/mol. The number of rotatable bonds is 12. The van der Waals surface area contributed by atoms with Crippen molar-refractivity contribution in [2.24, 2.45) is 0 Å². The third kappa shape index (κ3) is 7.00. The number of hydrogen-bond acceptors (Lipinski definition) is 4. The second-order valence-corrected chi connectivity index (χ2v) is 8.26. The van der Waals surface area contributed by atoms with Crippen molar-refractivity contribution in [3.8, 4) is 0 Å². The van der Waals surface area contributed by atoms with Gasteiger partial charge in [-0.25, -0.2) is 4.79 Å². The Kier molecular flexibility index (Phi) is 9.29. The van der Waals surface area contributed by atoms with Gasteiger partial charge in [0.15, 0.2) is 6.29 Å². The quantitative estimate of drug-likeness (QED) is 0.422. The first-order valence-electron chi connectivity index (χ1n) is 11.5. The molecule has 0 aliphatic carbocycles. The lowest BCUT2D eigenvalue weighted by atomic mass is 10.00. The highest BCUT2D eigenvalue weighted by Crippen LogP contribution is 2.28. The van der Waals surface area contributed by atoms with E-state index in [0.29, 0.717) is 13.2 Å². The van der Waals surface area contributed by atoms with E-state index < -0.39 is 0 Å². The van der Waals surface area contributed by atoms with Crippen LogP contribution in [0.4, 0.5) is 4.79 Å². The molecule has 2 aliphatic heterocycles. The third-order valence-electron chi connectivity index (χ3n) is 5.96. The highest BCUT2D eigenvalue weighted by molar-refractivity contribution is 5.70. The first-order valence-corrected chi connectivity index (χ1v) is 11.5. The number of carbonyl (C=O) groups is 1. The van der Waals surface area contributed by atoms with Crippen molar-refractivity contribution in [3.63, 3.8) is 0 Å². The minimum absolute atomic E-state index is 0.0382. The van der Waals surface area contributed by atoms with Gasteiger partial charge in [-0.3, -0.25) is 4.90 Å². The van der Waals surface area contributed by atoms with E-state index in [1.165, 1.54) is 25.7 Å². The molecule has 1 aromatic rings. The standard InChI is InChI=1S/C24H37NO4/c1-2-3-4-5-9-14-22-21(16-18-28-23-15-10-11-17-27-23)25(24(26)29-22)19-20-12-7-6-8-13-20/h6-8,12-13,21-23H,2-5,9-11,14-19H2,1H3/t21-,22+,23?/m0/s1. The van der Waals surface area contributed by atoms with Gasteiger partial charge in [-0.05, 0) is 44.1 Å². The molecule has 0 aromatic heterocycles. The number of nitrogens with zero attached hydrogens (tertiary/aromatic N) is 1. The summed E-state index contributed by atoms with van der Waals surface area (Å²) in [6.07, 6.45) is 10.8. The summed E-state index contributed by atoms with van der Waals surface area (Å²) in [6.45, 7) is 4.21. The van der Waals surface area contributed by atoms with E-state index in [0.717, 1.165) is 50.7 Å². The molecule has 3 atom stereocenters. The van der Waals surface area contributed by atoms with Crippen LogP contribution >= 0.6 is 0 Å². The van der Waals surface area contributed by atoms with E-state index >= 15 is 0 Å². The van der Waals surface area contributed by atoms with Crippen molar-refractivity contribution < 1.29 is 19.0 Å². The first-order chi connectivity index (χ1) is 14.3. The number of cyclic esters (lactones) is 1. The van der Waals surface area contributed by atoms with E-state index in [2.05, 4.69) is 19.1 Å². The van der Waals surface area contributed by atoms with Crippen molar-refractivity contribution in [1.82, 2.24) is 4.90 Å². The lowest BCUT2D eigenvalue weighted by molar-refractivity contribution is -0.164. The van der Waals surface area contributed by atoms with Crippen LogP contribution < -0.4 is 0 Å². The Bertz CT molecular complexity index is 588. The van der Waals surface area contributed by atoms with Crippen LogP contribution in [0.5, 0.6) is 0 Å². The van der Waals surface area contributed by atoms with Crippen LogP contribution in [-0.2, 0) is 20.8 Å². The fourth-order valence-corrected chi connectivity index (χ4v) is 4.28. The summed E-state index contributed by atoms with van der Waals surface area (Å²) >= 11 is 0. The van der Waals surface area contributed by atoms with Gasteiger partial charge in [-0.1, -0.05) is 62.9 Å². The molecule has 0 bridgehead atoms. The van der Waals surface area contributed by atoms with Gasteiger partial charge in [0.1, 0.15) is 6.10 Å². The van der Waals surface area contributed by atoms with Crippen LogP contribution in [0.25, 0.3) is 0 Å². The molecule has 5 nitrogen and oxygen atoms in total. The molecule has 1 unspecified atom stereocenters. The number of unbranched alkanes of at least 4 members (excludes halogenated alkanes) is 4. The second-order valence-electron chi connectivity index (χ2n) is 8.26. The summed E-state index contributed by atoms with van der Waals surface area (Å²) in [5.41, 5.74) is 1.13. The molecule has 5 heteroatoms. The monoisotopic (exact) mass is 403 g/mol. The average Bonchev–Trinajstić information content (AvgIpc) is 3.04. The zero-order valence-electron chi connectivity index (χ0n) is 17.9. The van der Waals surface area contributed by atoms with Gasteiger partial charge in [0, 0.05) is 13.2 Å². The highest BCUT2D eigenvalue weighted by Gasteiger charge is 2.40. The SMILES string of the molecule is CCCCCCC[C@H]1OC(=O)N(Cc2ccccc2)[C@H]1CCOC1CCCCO1. The molecule has 0 saturated carbocycles. The van der Waals surface area contributed by atoms with Crippen molar-refractivity contribution in [2.75, 3.05) is 13.2 Å². The maximum Gasteiger partial charge on any atom is 0.410 e. The Hall–Kier alpha value is -1.59. The molecule has 2 fully saturated rings. The lowest BCUT2D eigenvalue weighted by Crippen LogP contribution is -2.37. The Balaban J connectivity index is 1.55. The van der Waals surface area contributed by atoms with Gasteiger partial charge in [-0.15, -0.1) is 0 Å². The lowest BCUT2D eigenvalue weighted by Gasteiger charge is -2.27. The molecule has 29 heavy (non-hydrogen) atoms. The molecule has 162 valence electrons. The van der Waals surface area contributed by atoms with Crippen molar-refractivity contribution in [2.45, 2.75) is 96.1 Å². The summed E-state index contributed by atoms with van der Waals surface area (Å²) < 4.78 is 17.5. The molecule has 0 N–H and O–H groups in total. The van der Waals surface area contributed by atoms with Gasteiger partial charge < -0.3 is 14.2 Å². The van der Waals surface area contributed by atoms with Crippen LogP contribution in [0.2, 0.25) is 0 Å². The molecule has 2 saturated heterocycles. The maximum absolute atomic E-state index is 12.6. The van der Waals surface area contributed by atoms with Gasteiger partial charge in [0.25, 0.3) is 0 Å². The number of carbonyl (C=O) groups excluding carboxylic acids is 1. The van der Waals surface area contributed by atoms with Crippen LogP contribution in [0.15, 0.2) is 30.3 Å². The van der Waals surface area contributed by atoms with Crippen LogP contribution in [0, 0.1) is 0 Å². The Labute approximate surface area is 175 Å². The predicted octanol–water partition coefficient (Wildman–Crippen LogP) is 5.67. The summed E-state index contributed by atoms with van der Waals surface area (Å²) in [5, 5.41) is 0. The molecular weight excluding hydrogens is 366 g/mol. The van der Waals surface area contributed by atoms with Crippen LogP contribution in [-0.4, -0.2) is 42.6 Å². The summed E-state index contributed by atoms with van der Waals surface area (Å²) in [4.78, 5) is 14.5. The molecule has 3 rings (SSSR count). The Morgan fingerprint density at radius 2 is 1.90 bits per heavy atom. The summed E-state index contributed by atoms with van der Waals surface area (Å²) in [6, 6.07) is 10.2. The molecule has 0 radical (unpaired) electrons. The third-order valence-corrected chi connectivity index (χ3v) is 5.96.